The summed E-state index contributed by atoms with van der Waals surface area (Å²) in [4.78, 5) is 0. The van der Waals surface area contributed by atoms with Crippen LogP contribution in [0.5, 0.6) is 11.5 Å². The average molecular weight is 227 g/mol. The zero-order valence-corrected chi connectivity index (χ0v) is 9.97. The normalized spacial score (nSPS) is 10.2. The summed E-state index contributed by atoms with van der Waals surface area (Å²) in [6.45, 7) is 0.300. The molecule has 0 aromatic heterocycles. The number of hydrogen-bond donors (Lipinski definition) is 1. The van der Waals surface area contributed by atoms with E-state index in [1.165, 1.54) is 7.11 Å². The summed E-state index contributed by atoms with van der Waals surface area (Å²) >= 11 is 0. The molecule has 0 heterocycles. The Bertz CT molecular complexity index is 317. The average Bonchev–Trinajstić information content (AvgIpc) is 2.34. The van der Waals surface area contributed by atoms with E-state index in [4.69, 9.17) is 9.47 Å². The molecule has 1 aromatic carbocycles. The van der Waals surface area contributed by atoms with Gasteiger partial charge in [0.1, 0.15) is 6.67 Å². The van der Waals surface area contributed by atoms with Crippen LogP contribution in [0.1, 0.15) is 11.1 Å². The first-order valence-electron chi connectivity index (χ1n) is 5.21. The van der Waals surface area contributed by atoms with Crippen molar-refractivity contribution < 1.29 is 13.9 Å². The molecular weight excluding hydrogens is 209 g/mol. The Morgan fingerprint density at radius 3 is 2.50 bits per heavy atom. The molecule has 90 valence electrons. The van der Waals surface area contributed by atoms with Gasteiger partial charge in [-0.2, -0.15) is 0 Å². The highest BCUT2D eigenvalue weighted by molar-refractivity contribution is 5.49. The quantitative estimate of drug-likeness (QED) is 0.805. The van der Waals surface area contributed by atoms with Gasteiger partial charge in [0.15, 0.2) is 11.5 Å². The summed E-state index contributed by atoms with van der Waals surface area (Å²) in [5, 5.41) is 3.05. The molecule has 0 bridgehead atoms. The van der Waals surface area contributed by atoms with Crippen molar-refractivity contribution in [2.75, 3.05) is 27.8 Å². The number of halogens is 1. The fraction of sp³-hybridized carbons (Fsp3) is 0.500. The smallest absolute Gasteiger partial charge is 0.166 e. The van der Waals surface area contributed by atoms with Crippen LogP contribution >= 0.6 is 0 Å². The maximum atomic E-state index is 12.8. The minimum Gasteiger partial charge on any atom is -0.493 e. The molecule has 1 aromatic rings. The topological polar surface area (TPSA) is 30.5 Å². The zero-order chi connectivity index (χ0) is 12.0. The van der Waals surface area contributed by atoms with Gasteiger partial charge < -0.3 is 14.8 Å². The van der Waals surface area contributed by atoms with Crippen molar-refractivity contribution in [3.05, 3.63) is 23.3 Å². The van der Waals surface area contributed by atoms with Gasteiger partial charge in [-0.1, -0.05) is 0 Å². The predicted octanol–water partition coefficient (Wildman–Crippen LogP) is 1.94. The molecule has 1 rings (SSSR count). The molecule has 4 heteroatoms. The SMILES string of the molecule is CNCCc1cc(CF)c(OC)c(OC)c1. The zero-order valence-electron chi connectivity index (χ0n) is 9.97. The highest BCUT2D eigenvalue weighted by Crippen LogP contribution is 2.33. The first-order valence-corrected chi connectivity index (χ1v) is 5.21. The van der Waals surface area contributed by atoms with Gasteiger partial charge in [-0.25, -0.2) is 4.39 Å². The van der Waals surface area contributed by atoms with Crippen molar-refractivity contribution in [3.8, 4) is 11.5 Å². The van der Waals surface area contributed by atoms with Crippen LogP contribution in [-0.2, 0) is 13.1 Å². The molecular formula is C12H18FNO2. The third-order valence-corrected chi connectivity index (χ3v) is 2.42. The molecule has 0 amide bonds. The third-order valence-electron chi connectivity index (χ3n) is 2.42. The van der Waals surface area contributed by atoms with Crippen LogP contribution in [-0.4, -0.2) is 27.8 Å². The van der Waals surface area contributed by atoms with Crippen LogP contribution < -0.4 is 14.8 Å². The Labute approximate surface area is 95.6 Å². The van der Waals surface area contributed by atoms with Crippen LogP contribution in [0, 0.1) is 0 Å². The van der Waals surface area contributed by atoms with Gasteiger partial charge in [0.05, 0.1) is 14.2 Å². The maximum absolute atomic E-state index is 12.8. The van der Waals surface area contributed by atoms with Crippen molar-refractivity contribution in [1.29, 1.82) is 0 Å². The molecule has 0 saturated heterocycles. The van der Waals surface area contributed by atoms with Gasteiger partial charge in [-0.05, 0) is 37.7 Å². The molecule has 0 atom stereocenters. The van der Waals surface area contributed by atoms with Crippen molar-refractivity contribution >= 4 is 0 Å². The summed E-state index contributed by atoms with van der Waals surface area (Å²) in [6.07, 6.45) is 0.837. The Balaban J connectivity index is 3.05. The minimum atomic E-state index is -0.549. The molecule has 0 radical (unpaired) electrons. The molecule has 0 saturated carbocycles. The number of methoxy groups -OCH3 is 2. The van der Waals surface area contributed by atoms with Crippen molar-refractivity contribution in [2.45, 2.75) is 13.1 Å². The van der Waals surface area contributed by atoms with Crippen LogP contribution in [0.2, 0.25) is 0 Å². The number of nitrogens with one attached hydrogen (secondary N) is 1. The van der Waals surface area contributed by atoms with E-state index in [0.717, 1.165) is 18.5 Å². The Morgan fingerprint density at radius 2 is 2.00 bits per heavy atom. The lowest BCUT2D eigenvalue weighted by Gasteiger charge is -2.13. The van der Waals surface area contributed by atoms with E-state index < -0.39 is 6.67 Å². The van der Waals surface area contributed by atoms with E-state index in [1.54, 1.807) is 7.11 Å². The van der Waals surface area contributed by atoms with E-state index in [-0.39, 0.29) is 0 Å². The van der Waals surface area contributed by atoms with Crippen molar-refractivity contribution in [1.82, 2.24) is 5.32 Å². The van der Waals surface area contributed by atoms with Gasteiger partial charge in [0, 0.05) is 5.56 Å². The molecule has 0 aliphatic heterocycles. The summed E-state index contributed by atoms with van der Waals surface area (Å²) in [5.74, 6) is 1.07. The number of hydrogen-bond acceptors (Lipinski definition) is 3. The number of likely N-dealkylation sites (N-methyl/N-ethyl adjacent to an activating group) is 1. The predicted molar refractivity (Wildman–Crippen MR) is 62.0 cm³/mol. The summed E-state index contributed by atoms with van der Waals surface area (Å²) in [6, 6.07) is 3.70. The molecule has 0 fully saturated rings. The second-order valence-corrected chi connectivity index (χ2v) is 3.48. The number of rotatable bonds is 6. The number of benzene rings is 1. The number of alkyl halides is 1. The summed E-state index contributed by atoms with van der Waals surface area (Å²) in [7, 11) is 4.96. The fourth-order valence-electron chi connectivity index (χ4n) is 1.62. The minimum absolute atomic E-state index is 0.484. The highest BCUT2D eigenvalue weighted by Gasteiger charge is 2.11. The van der Waals surface area contributed by atoms with Crippen LogP contribution in [0.15, 0.2) is 12.1 Å². The maximum Gasteiger partial charge on any atom is 0.166 e. The Kier molecular flexibility index (Phi) is 5.05. The van der Waals surface area contributed by atoms with Gasteiger partial charge in [0.2, 0.25) is 0 Å². The second kappa shape index (κ2) is 6.33. The first-order chi connectivity index (χ1) is 7.76. The molecule has 0 spiro atoms. The van der Waals surface area contributed by atoms with E-state index >= 15 is 0 Å². The lowest BCUT2D eigenvalue weighted by atomic mass is 10.1. The molecule has 16 heavy (non-hydrogen) atoms. The van der Waals surface area contributed by atoms with Crippen LogP contribution in [0.25, 0.3) is 0 Å². The molecule has 3 nitrogen and oxygen atoms in total. The van der Waals surface area contributed by atoms with E-state index in [0.29, 0.717) is 17.1 Å². The van der Waals surface area contributed by atoms with E-state index in [1.807, 2.05) is 19.2 Å². The lowest BCUT2D eigenvalue weighted by molar-refractivity contribution is 0.344. The summed E-state index contributed by atoms with van der Waals surface area (Å²) < 4.78 is 23.2. The van der Waals surface area contributed by atoms with Crippen LogP contribution in [0.3, 0.4) is 0 Å². The van der Waals surface area contributed by atoms with Gasteiger partial charge >= 0.3 is 0 Å². The van der Waals surface area contributed by atoms with Crippen molar-refractivity contribution in [2.24, 2.45) is 0 Å². The van der Waals surface area contributed by atoms with E-state index in [2.05, 4.69) is 5.32 Å². The van der Waals surface area contributed by atoms with E-state index in [9.17, 15) is 4.39 Å². The first kappa shape index (κ1) is 12.8. The van der Waals surface area contributed by atoms with Gasteiger partial charge in [-0.15, -0.1) is 0 Å². The lowest BCUT2D eigenvalue weighted by Crippen LogP contribution is -2.10. The monoisotopic (exact) mass is 227 g/mol. The van der Waals surface area contributed by atoms with Crippen LogP contribution in [0.4, 0.5) is 4.39 Å². The third kappa shape index (κ3) is 2.85. The second-order valence-electron chi connectivity index (χ2n) is 3.48. The fourth-order valence-corrected chi connectivity index (χ4v) is 1.62. The number of ether oxygens (including phenoxy) is 2. The van der Waals surface area contributed by atoms with Crippen molar-refractivity contribution in [3.63, 3.8) is 0 Å². The molecule has 0 unspecified atom stereocenters. The molecule has 0 aliphatic rings. The molecule has 0 aliphatic carbocycles. The largest absolute Gasteiger partial charge is 0.493 e. The van der Waals surface area contributed by atoms with Gasteiger partial charge in [-0.3, -0.25) is 0 Å². The van der Waals surface area contributed by atoms with Gasteiger partial charge in [0.25, 0.3) is 0 Å². The Morgan fingerprint density at radius 1 is 1.25 bits per heavy atom. The standard InChI is InChI=1S/C12H18FNO2/c1-14-5-4-9-6-10(8-13)12(16-3)11(7-9)15-2/h6-7,14H,4-5,8H2,1-3H3. The molecule has 1 N–H and O–H groups in total. The highest BCUT2D eigenvalue weighted by atomic mass is 19.1. The Hall–Kier alpha value is -1.29. The summed E-state index contributed by atoms with van der Waals surface area (Å²) in [5.41, 5.74) is 1.58.